The predicted octanol–water partition coefficient (Wildman–Crippen LogP) is 3.75. The Morgan fingerprint density at radius 3 is 2.37 bits per heavy atom. The molecule has 2 aromatic rings. The van der Waals surface area contributed by atoms with Crippen LogP contribution in [0.15, 0.2) is 59.5 Å². The Morgan fingerprint density at radius 2 is 1.74 bits per heavy atom. The second-order valence-corrected chi connectivity index (χ2v) is 5.53. The molecule has 0 radical (unpaired) electrons. The number of hydrogen-bond donors (Lipinski definition) is 1. The minimum absolute atomic E-state index is 0.182. The molecule has 0 aromatic heterocycles. The molecular weight excluding hydrogens is 257 g/mol. The molecule has 2 rings (SSSR count). The van der Waals surface area contributed by atoms with Crippen LogP contribution in [0.3, 0.4) is 0 Å². The van der Waals surface area contributed by atoms with Crippen LogP contribution in [0.25, 0.3) is 0 Å². The largest absolute Gasteiger partial charge is 0.316 e. The van der Waals surface area contributed by atoms with Crippen molar-refractivity contribution >= 4 is 11.8 Å². The number of benzene rings is 2. The Morgan fingerprint density at radius 1 is 1.05 bits per heavy atom. The van der Waals surface area contributed by atoms with E-state index < -0.39 is 0 Å². The van der Waals surface area contributed by atoms with Crippen molar-refractivity contribution < 1.29 is 4.39 Å². The molecule has 0 spiro atoms. The van der Waals surface area contributed by atoms with Gasteiger partial charge in [0.25, 0.3) is 0 Å². The number of rotatable bonds is 6. The highest BCUT2D eigenvalue weighted by Crippen LogP contribution is 2.20. The highest BCUT2D eigenvalue weighted by molar-refractivity contribution is 7.99. The fraction of sp³-hybridized carbons (Fsp3) is 0.250. The Labute approximate surface area is 118 Å². The molecule has 0 bridgehead atoms. The van der Waals surface area contributed by atoms with Gasteiger partial charge >= 0.3 is 0 Å². The summed E-state index contributed by atoms with van der Waals surface area (Å²) < 4.78 is 12.8. The third-order valence-electron chi connectivity index (χ3n) is 3.00. The van der Waals surface area contributed by atoms with Gasteiger partial charge in [0, 0.05) is 16.7 Å². The molecule has 0 saturated carbocycles. The van der Waals surface area contributed by atoms with Crippen LogP contribution in [0.2, 0.25) is 0 Å². The van der Waals surface area contributed by atoms with Crippen LogP contribution in [0, 0.1) is 5.82 Å². The highest BCUT2D eigenvalue weighted by atomic mass is 32.2. The van der Waals surface area contributed by atoms with E-state index in [4.69, 9.17) is 0 Å². The molecule has 1 nitrogen and oxygen atoms in total. The molecule has 1 unspecified atom stereocenters. The van der Waals surface area contributed by atoms with Gasteiger partial charge in [-0.3, -0.25) is 0 Å². The lowest BCUT2D eigenvalue weighted by atomic mass is 10.1. The third-order valence-corrected chi connectivity index (χ3v) is 4.17. The van der Waals surface area contributed by atoms with Gasteiger partial charge in [-0.05, 0) is 43.3 Å². The Balaban J connectivity index is 1.87. The van der Waals surface area contributed by atoms with Crippen molar-refractivity contribution in [3.8, 4) is 0 Å². The topological polar surface area (TPSA) is 12.0 Å². The summed E-state index contributed by atoms with van der Waals surface area (Å²) in [5, 5.41) is 3.34. The Kier molecular flexibility index (Phi) is 5.43. The monoisotopic (exact) mass is 275 g/mol. The first-order valence-corrected chi connectivity index (χ1v) is 7.36. The highest BCUT2D eigenvalue weighted by Gasteiger charge is 2.08. The van der Waals surface area contributed by atoms with E-state index in [1.165, 1.54) is 17.7 Å². The standard InChI is InChI=1S/C16H18FNS/c1-18-15(11-13-5-3-2-4-6-13)12-19-16-9-7-14(17)8-10-16/h2-10,15,18H,11-12H2,1H3. The van der Waals surface area contributed by atoms with E-state index in [2.05, 4.69) is 29.6 Å². The lowest BCUT2D eigenvalue weighted by Gasteiger charge is -2.15. The van der Waals surface area contributed by atoms with Gasteiger partial charge in [0.2, 0.25) is 0 Å². The van der Waals surface area contributed by atoms with Crippen LogP contribution in [0.1, 0.15) is 5.56 Å². The summed E-state index contributed by atoms with van der Waals surface area (Å²) in [7, 11) is 1.98. The van der Waals surface area contributed by atoms with Crippen LogP contribution in [-0.4, -0.2) is 18.8 Å². The maximum Gasteiger partial charge on any atom is 0.123 e. The van der Waals surface area contributed by atoms with Gasteiger partial charge in [-0.1, -0.05) is 30.3 Å². The average molecular weight is 275 g/mol. The zero-order valence-electron chi connectivity index (χ0n) is 11.0. The van der Waals surface area contributed by atoms with E-state index in [-0.39, 0.29) is 5.82 Å². The second kappa shape index (κ2) is 7.31. The van der Waals surface area contributed by atoms with Gasteiger partial charge in [-0.25, -0.2) is 4.39 Å². The molecule has 0 amide bonds. The molecule has 0 saturated heterocycles. The molecular formula is C16H18FNS. The molecule has 19 heavy (non-hydrogen) atoms. The number of hydrogen-bond acceptors (Lipinski definition) is 2. The maximum atomic E-state index is 12.8. The SMILES string of the molecule is CNC(CSc1ccc(F)cc1)Cc1ccccc1. The van der Waals surface area contributed by atoms with Crippen LogP contribution in [0.5, 0.6) is 0 Å². The van der Waals surface area contributed by atoms with E-state index in [9.17, 15) is 4.39 Å². The molecule has 3 heteroatoms. The molecule has 0 aliphatic rings. The zero-order chi connectivity index (χ0) is 13.5. The van der Waals surface area contributed by atoms with E-state index in [0.29, 0.717) is 6.04 Å². The molecule has 0 aliphatic heterocycles. The third kappa shape index (κ3) is 4.69. The minimum Gasteiger partial charge on any atom is -0.316 e. The van der Waals surface area contributed by atoms with E-state index >= 15 is 0 Å². The van der Waals surface area contributed by atoms with Crippen LogP contribution in [-0.2, 0) is 6.42 Å². The first kappa shape index (κ1) is 14.1. The maximum absolute atomic E-state index is 12.8. The predicted molar refractivity (Wildman–Crippen MR) is 80.1 cm³/mol. The summed E-state index contributed by atoms with van der Waals surface area (Å²) in [6, 6.07) is 17.5. The van der Waals surface area contributed by atoms with Gasteiger partial charge in [-0.15, -0.1) is 11.8 Å². The molecule has 1 N–H and O–H groups in total. The van der Waals surface area contributed by atoms with Gasteiger partial charge in [0.1, 0.15) is 5.82 Å². The fourth-order valence-corrected chi connectivity index (χ4v) is 2.88. The molecule has 0 fully saturated rings. The molecule has 100 valence electrons. The normalized spacial score (nSPS) is 12.3. The van der Waals surface area contributed by atoms with Gasteiger partial charge < -0.3 is 5.32 Å². The van der Waals surface area contributed by atoms with Crippen molar-refractivity contribution in [2.24, 2.45) is 0 Å². The van der Waals surface area contributed by atoms with Gasteiger partial charge in [0.05, 0.1) is 0 Å². The summed E-state index contributed by atoms with van der Waals surface area (Å²) in [5.74, 6) is 0.788. The number of likely N-dealkylation sites (N-methyl/N-ethyl adjacent to an activating group) is 1. The lowest BCUT2D eigenvalue weighted by molar-refractivity contribution is 0.617. The number of halogens is 1. The van der Waals surface area contributed by atoms with Crippen LogP contribution >= 0.6 is 11.8 Å². The van der Waals surface area contributed by atoms with E-state index in [1.807, 2.05) is 25.2 Å². The zero-order valence-corrected chi connectivity index (χ0v) is 11.8. The molecule has 1 atom stereocenters. The smallest absolute Gasteiger partial charge is 0.123 e. The number of thioether (sulfide) groups is 1. The first-order valence-electron chi connectivity index (χ1n) is 6.37. The van der Waals surface area contributed by atoms with E-state index in [0.717, 1.165) is 17.1 Å². The molecule has 0 heterocycles. The summed E-state index contributed by atoms with van der Waals surface area (Å²) in [5.41, 5.74) is 1.33. The fourth-order valence-electron chi connectivity index (χ4n) is 1.87. The van der Waals surface area contributed by atoms with Crippen molar-refractivity contribution in [1.82, 2.24) is 5.32 Å². The van der Waals surface area contributed by atoms with Crippen molar-refractivity contribution in [3.63, 3.8) is 0 Å². The Hall–Kier alpha value is -1.32. The molecule has 0 aliphatic carbocycles. The van der Waals surface area contributed by atoms with Crippen molar-refractivity contribution in [2.75, 3.05) is 12.8 Å². The molecule has 2 aromatic carbocycles. The summed E-state index contributed by atoms with van der Waals surface area (Å²) in [6.07, 6.45) is 1.01. The summed E-state index contributed by atoms with van der Waals surface area (Å²) in [4.78, 5) is 1.11. The summed E-state index contributed by atoms with van der Waals surface area (Å²) in [6.45, 7) is 0. The average Bonchev–Trinajstić information content (AvgIpc) is 2.46. The quantitative estimate of drug-likeness (QED) is 0.806. The van der Waals surface area contributed by atoms with Crippen molar-refractivity contribution in [2.45, 2.75) is 17.4 Å². The first-order chi connectivity index (χ1) is 9.28. The lowest BCUT2D eigenvalue weighted by Crippen LogP contribution is -2.29. The van der Waals surface area contributed by atoms with Crippen molar-refractivity contribution in [3.05, 3.63) is 66.0 Å². The number of nitrogens with one attached hydrogen (secondary N) is 1. The summed E-state index contributed by atoms with van der Waals surface area (Å²) >= 11 is 1.75. The van der Waals surface area contributed by atoms with Gasteiger partial charge in [-0.2, -0.15) is 0 Å². The van der Waals surface area contributed by atoms with Crippen LogP contribution in [0.4, 0.5) is 4.39 Å². The van der Waals surface area contributed by atoms with Crippen molar-refractivity contribution in [1.29, 1.82) is 0 Å². The van der Waals surface area contributed by atoms with Crippen LogP contribution < -0.4 is 5.32 Å². The Bertz CT molecular complexity index is 484. The van der Waals surface area contributed by atoms with E-state index in [1.54, 1.807) is 11.8 Å². The second-order valence-electron chi connectivity index (χ2n) is 4.44. The minimum atomic E-state index is -0.182. The van der Waals surface area contributed by atoms with Gasteiger partial charge in [0.15, 0.2) is 0 Å².